The van der Waals surface area contributed by atoms with Crippen molar-refractivity contribution < 1.29 is 19.7 Å². The first-order chi connectivity index (χ1) is 12.4. The van der Waals surface area contributed by atoms with Gasteiger partial charge in [-0.15, -0.1) is 0 Å². The van der Waals surface area contributed by atoms with E-state index in [4.69, 9.17) is 5.11 Å². The van der Waals surface area contributed by atoms with Crippen LogP contribution in [0, 0.1) is 20.2 Å². The van der Waals surface area contributed by atoms with Crippen LogP contribution in [0.2, 0.25) is 0 Å². The minimum atomic E-state index is -1.11. The van der Waals surface area contributed by atoms with E-state index in [1.54, 1.807) is 12.2 Å². The maximum Gasteiger partial charge on any atom is 0.229 e. The average Bonchev–Trinajstić information content (AvgIpc) is 2.60. The van der Waals surface area contributed by atoms with Gasteiger partial charge in [0.05, 0.1) is 0 Å². The van der Waals surface area contributed by atoms with Crippen molar-refractivity contribution in [3.05, 3.63) is 32.4 Å². The Morgan fingerprint density at radius 2 is 1.50 bits per heavy atom. The van der Waals surface area contributed by atoms with Gasteiger partial charge in [-0.05, 0) is 25.7 Å². The summed E-state index contributed by atoms with van der Waals surface area (Å²) in [5.74, 6) is 0. The number of hydrogen-bond acceptors (Lipinski definition) is 6. The molecular weight excluding hydrogens is 340 g/mol. The largest absolute Gasteiger partial charge is 0.385 e. The lowest BCUT2D eigenvalue weighted by Gasteiger charge is -2.08. The molecule has 1 N–H and O–H groups in total. The lowest BCUT2D eigenvalue weighted by Crippen LogP contribution is -2.19. The third-order valence-electron chi connectivity index (χ3n) is 4.38. The van der Waals surface area contributed by atoms with Crippen molar-refractivity contribution in [3.8, 4) is 0 Å². The van der Waals surface area contributed by atoms with E-state index >= 15 is 0 Å². The van der Waals surface area contributed by atoms with E-state index in [2.05, 4.69) is 6.92 Å². The van der Waals surface area contributed by atoms with E-state index in [1.807, 2.05) is 0 Å². The summed E-state index contributed by atoms with van der Waals surface area (Å²) >= 11 is 0. The molecule has 0 rings (SSSR count). The molecule has 0 saturated heterocycles. The Kier molecular flexibility index (Phi) is 14.3. The van der Waals surface area contributed by atoms with Crippen LogP contribution in [-0.2, 0) is 4.79 Å². The number of nitrogens with zero attached hydrogens (tertiary/aromatic N) is 2. The van der Waals surface area contributed by atoms with Gasteiger partial charge < -0.3 is 5.11 Å². The fourth-order valence-electron chi connectivity index (χ4n) is 2.73. The maximum absolute atomic E-state index is 11.1. The van der Waals surface area contributed by atoms with Gasteiger partial charge in [0, 0.05) is 35.5 Å². The highest BCUT2D eigenvalue weighted by molar-refractivity contribution is 5.56. The van der Waals surface area contributed by atoms with Crippen molar-refractivity contribution in [2.75, 3.05) is 0 Å². The summed E-state index contributed by atoms with van der Waals surface area (Å²) in [6.45, 7) is 2.05. The number of hydrogen-bond donors (Lipinski definition) is 1. The summed E-state index contributed by atoms with van der Waals surface area (Å²) in [6, 6.07) is -1.25. The van der Waals surface area contributed by atoms with Gasteiger partial charge in [0.15, 0.2) is 0 Å². The van der Waals surface area contributed by atoms with Crippen LogP contribution >= 0.6 is 0 Å². The van der Waals surface area contributed by atoms with E-state index in [0.29, 0.717) is 38.5 Å². The van der Waals surface area contributed by atoms with Crippen LogP contribution in [0.15, 0.2) is 12.2 Å². The fourth-order valence-corrected chi connectivity index (χ4v) is 2.73. The molecule has 0 aliphatic carbocycles. The zero-order chi connectivity index (χ0) is 19.8. The van der Waals surface area contributed by atoms with Crippen LogP contribution in [0.5, 0.6) is 0 Å². The molecule has 0 aromatic rings. The molecule has 1 radical (unpaired) electrons. The molecule has 26 heavy (non-hydrogen) atoms. The summed E-state index contributed by atoms with van der Waals surface area (Å²) < 4.78 is 0. The Morgan fingerprint density at radius 3 is 2.08 bits per heavy atom. The first-order valence-electron chi connectivity index (χ1n) is 9.40. The van der Waals surface area contributed by atoms with Crippen molar-refractivity contribution in [3.63, 3.8) is 0 Å². The average molecular weight is 371 g/mol. The second kappa shape index (κ2) is 15.4. The van der Waals surface area contributed by atoms with Gasteiger partial charge in [0.1, 0.15) is 6.10 Å². The Labute approximate surface area is 155 Å². The fraction of sp³-hybridized carbons (Fsp3) is 0.833. The minimum absolute atomic E-state index is 0.228. The predicted octanol–water partition coefficient (Wildman–Crippen LogP) is 3.61. The van der Waals surface area contributed by atoms with Crippen molar-refractivity contribution in [1.29, 1.82) is 0 Å². The smallest absolute Gasteiger partial charge is 0.229 e. The van der Waals surface area contributed by atoms with Gasteiger partial charge in [-0.1, -0.05) is 38.3 Å². The molecule has 0 aromatic carbocycles. The summed E-state index contributed by atoms with van der Waals surface area (Å²) in [5.41, 5.74) is 0. The van der Waals surface area contributed by atoms with Gasteiger partial charge >= 0.3 is 0 Å². The molecule has 3 atom stereocenters. The Morgan fingerprint density at radius 1 is 0.923 bits per heavy atom. The molecule has 0 fully saturated rings. The summed E-state index contributed by atoms with van der Waals surface area (Å²) in [4.78, 5) is 31.7. The Bertz CT molecular complexity index is 441. The molecule has 0 heterocycles. The molecule has 0 bridgehead atoms. The monoisotopic (exact) mass is 371 g/mol. The molecule has 0 spiro atoms. The van der Waals surface area contributed by atoms with Gasteiger partial charge in [-0.2, -0.15) is 0 Å². The van der Waals surface area contributed by atoms with Crippen LogP contribution in [0.4, 0.5) is 0 Å². The number of allylic oxidation sites excluding steroid dienone is 1. The van der Waals surface area contributed by atoms with Crippen molar-refractivity contribution in [2.45, 2.75) is 95.7 Å². The lowest BCUT2D eigenvalue weighted by molar-refractivity contribution is -0.524. The molecule has 0 aliphatic heterocycles. The molecule has 0 amide bonds. The van der Waals surface area contributed by atoms with Gasteiger partial charge in [-0.3, -0.25) is 25.0 Å². The van der Waals surface area contributed by atoms with Crippen LogP contribution in [0.25, 0.3) is 0 Å². The van der Waals surface area contributed by atoms with E-state index < -0.39 is 18.2 Å². The summed E-state index contributed by atoms with van der Waals surface area (Å²) in [7, 11) is 0. The topological polar surface area (TPSA) is 124 Å². The maximum atomic E-state index is 11.1. The molecular formula is C18H31N2O6. The molecule has 8 heteroatoms. The standard InChI is InChI=1S/C18H31N2O6/c1-2-3-5-10-16(19(23)24)11-6-4-7-12-17(20(25)26)13-8-9-14-18(22)15-21/h4,7,16-18,22H,2-3,5-6,8-14H2,1H3. The lowest BCUT2D eigenvalue weighted by atomic mass is 10.0. The minimum Gasteiger partial charge on any atom is -0.385 e. The van der Waals surface area contributed by atoms with E-state index in [0.717, 1.165) is 19.3 Å². The zero-order valence-corrected chi connectivity index (χ0v) is 15.5. The number of rotatable bonds is 17. The van der Waals surface area contributed by atoms with Gasteiger partial charge in [0.25, 0.3) is 0 Å². The van der Waals surface area contributed by atoms with E-state index in [1.165, 1.54) is 6.29 Å². The normalized spacial score (nSPS) is 14.8. The number of aliphatic hydroxyl groups is 1. The number of carbonyl (C=O) groups excluding carboxylic acids is 1. The van der Waals surface area contributed by atoms with Crippen molar-refractivity contribution >= 4 is 6.29 Å². The van der Waals surface area contributed by atoms with Crippen molar-refractivity contribution in [1.82, 2.24) is 0 Å². The second-order valence-electron chi connectivity index (χ2n) is 6.58. The predicted molar refractivity (Wildman–Crippen MR) is 98.9 cm³/mol. The van der Waals surface area contributed by atoms with Crippen LogP contribution in [-0.4, -0.2) is 39.4 Å². The second-order valence-corrected chi connectivity index (χ2v) is 6.58. The van der Waals surface area contributed by atoms with Crippen molar-refractivity contribution in [2.24, 2.45) is 0 Å². The highest BCUT2D eigenvalue weighted by Gasteiger charge is 2.19. The highest BCUT2D eigenvalue weighted by Crippen LogP contribution is 2.14. The molecule has 0 aliphatic rings. The third kappa shape index (κ3) is 12.5. The molecule has 0 aromatic heterocycles. The SMILES string of the molecule is CCCCCC(CCC=CCC(CCCCC(O)[C]=O)[N+](=O)[O-])[N+](=O)[O-]. The number of nitro groups is 2. The highest BCUT2D eigenvalue weighted by atomic mass is 16.6. The number of unbranched alkanes of at least 4 members (excludes halogenated alkanes) is 3. The van der Waals surface area contributed by atoms with E-state index in [9.17, 15) is 25.0 Å². The Balaban J connectivity index is 4.12. The third-order valence-corrected chi connectivity index (χ3v) is 4.38. The van der Waals surface area contributed by atoms with E-state index in [-0.39, 0.29) is 22.7 Å². The molecule has 8 nitrogen and oxygen atoms in total. The number of aliphatic hydroxyl groups excluding tert-OH is 1. The quantitative estimate of drug-likeness (QED) is 0.180. The molecule has 0 saturated carbocycles. The van der Waals surface area contributed by atoms with Gasteiger partial charge in [0.2, 0.25) is 18.4 Å². The first-order valence-corrected chi connectivity index (χ1v) is 9.40. The van der Waals surface area contributed by atoms with Crippen LogP contribution in [0.1, 0.15) is 77.6 Å². The molecule has 149 valence electrons. The van der Waals surface area contributed by atoms with Crippen LogP contribution in [0.3, 0.4) is 0 Å². The summed E-state index contributed by atoms with van der Waals surface area (Å²) in [6.07, 6.45) is 10.3. The Hall–Kier alpha value is -1.83. The van der Waals surface area contributed by atoms with Gasteiger partial charge in [-0.25, -0.2) is 0 Å². The first kappa shape index (κ1) is 24.2. The zero-order valence-electron chi connectivity index (χ0n) is 15.5. The molecule has 3 unspecified atom stereocenters. The summed E-state index contributed by atoms with van der Waals surface area (Å²) in [5, 5.41) is 31.2. The van der Waals surface area contributed by atoms with Crippen LogP contribution < -0.4 is 0 Å².